The smallest absolute Gasteiger partial charge is 0.244 e. The molecule has 2 aromatic rings. The topological polar surface area (TPSA) is 59.2 Å². The Labute approximate surface area is 150 Å². The fourth-order valence-corrected chi connectivity index (χ4v) is 3.31. The van der Waals surface area contributed by atoms with Gasteiger partial charge >= 0.3 is 0 Å². The average molecular weight is 395 g/mol. The van der Waals surface area contributed by atoms with E-state index in [0.717, 1.165) is 48.6 Å². The van der Waals surface area contributed by atoms with Crippen molar-refractivity contribution in [2.75, 3.05) is 26.2 Å². The van der Waals surface area contributed by atoms with Gasteiger partial charge in [0.15, 0.2) is 0 Å². The molecule has 0 unspecified atom stereocenters. The van der Waals surface area contributed by atoms with Crippen LogP contribution < -0.4 is 0 Å². The second-order valence-corrected chi connectivity index (χ2v) is 7.16. The summed E-state index contributed by atoms with van der Waals surface area (Å²) >= 11 is 3.43. The lowest BCUT2D eigenvalue weighted by molar-refractivity contribution is -0.133. The van der Waals surface area contributed by atoms with Gasteiger partial charge in [0.2, 0.25) is 5.91 Å². The molecule has 3 heterocycles. The van der Waals surface area contributed by atoms with Gasteiger partial charge in [-0.05, 0) is 29.8 Å². The zero-order valence-corrected chi connectivity index (χ0v) is 16.0. The lowest BCUT2D eigenvalue weighted by Gasteiger charge is -2.34. The number of aryl methyl sites for hydroxylation is 2. The largest absolute Gasteiger partial charge is 0.339 e. The predicted octanol–water partition coefficient (Wildman–Crippen LogP) is 1.34. The quantitative estimate of drug-likeness (QED) is 0.784. The fraction of sp³-hybridized carbons (Fsp3) is 0.562. The van der Waals surface area contributed by atoms with E-state index in [-0.39, 0.29) is 5.91 Å². The summed E-state index contributed by atoms with van der Waals surface area (Å²) in [5, 5.41) is 8.62. The molecule has 0 spiro atoms. The van der Waals surface area contributed by atoms with Crippen LogP contribution in [0.2, 0.25) is 0 Å². The van der Waals surface area contributed by atoms with Gasteiger partial charge in [-0.15, -0.1) is 0 Å². The SMILES string of the molecule is Cc1nn(C)cc1CN1CCN(C(=O)Cn2ncc(Br)c2C)CC1. The highest BCUT2D eigenvalue weighted by atomic mass is 79.9. The van der Waals surface area contributed by atoms with Crippen molar-refractivity contribution in [2.45, 2.75) is 26.9 Å². The predicted molar refractivity (Wildman–Crippen MR) is 94.5 cm³/mol. The summed E-state index contributed by atoms with van der Waals surface area (Å²) in [5.74, 6) is 0.130. The van der Waals surface area contributed by atoms with Crippen molar-refractivity contribution < 1.29 is 4.79 Å². The molecule has 1 fully saturated rings. The number of aromatic nitrogens is 4. The van der Waals surface area contributed by atoms with Crippen molar-refractivity contribution in [2.24, 2.45) is 7.05 Å². The molecule has 1 aliphatic rings. The van der Waals surface area contributed by atoms with Gasteiger partial charge in [-0.1, -0.05) is 0 Å². The highest BCUT2D eigenvalue weighted by molar-refractivity contribution is 9.10. The fourth-order valence-electron chi connectivity index (χ4n) is 3.01. The number of hydrogen-bond donors (Lipinski definition) is 0. The zero-order chi connectivity index (χ0) is 17.3. The Bertz CT molecular complexity index is 729. The third kappa shape index (κ3) is 3.70. The Kier molecular flexibility index (Phi) is 5.05. The van der Waals surface area contributed by atoms with E-state index >= 15 is 0 Å². The summed E-state index contributed by atoms with van der Waals surface area (Å²) in [4.78, 5) is 16.8. The highest BCUT2D eigenvalue weighted by Gasteiger charge is 2.22. The van der Waals surface area contributed by atoms with Gasteiger partial charge in [-0.3, -0.25) is 19.1 Å². The van der Waals surface area contributed by atoms with Crippen LogP contribution in [0.25, 0.3) is 0 Å². The van der Waals surface area contributed by atoms with E-state index in [9.17, 15) is 4.79 Å². The summed E-state index contributed by atoms with van der Waals surface area (Å²) in [5.41, 5.74) is 3.32. The van der Waals surface area contributed by atoms with E-state index in [1.165, 1.54) is 5.56 Å². The number of rotatable bonds is 4. The van der Waals surface area contributed by atoms with E-state index in [1.807, 2.05) is 30.5 Å². The molecule has 1 aliphatic heterocycles. The van der Waals surface area contributed by atoms with Gasteiger partial charge in [0.05, 0.1) is 22.1 Å². The summed E-state index contributed by atoms with van der Waals surface area (Å²) in [6, 6.07) is 0. The van der Waals surface area contributed by atoms with Gasteiger partial charge in [-0.2, -0.15) is 10.2 Å². The number of amides is 1. The summed E-state index contributed by atoms with van der Waals surface area (Å²) in [7, 11) is 1.95. The normalized spacial score (nSPS) is 15.9. The van der Waals surface area contributed by atoms with Crippen molar-refractivity contribution in [1.82, 2.24) is 29.4 Å². The van der Waals surface area contributed by atoms with Crippen LogP contribution in [-0.2, 0) is 24.9 Å². The Balaban J connectivity index is 1.52. The molecule has 0 atom stereocenters. The van der Waals surface area contributed by atoms with E-state index in [4.69, 9.17) is 0 Å². The number of hydrogen-bond acceptors (Lipinski definition) is 4. The summed E-state index contributed by atoms with van der Waals surface area (Å²) in [6.45, 7) is 8.51. The summed E-state index contributed by atoms with van der Waals surface area (Å²) in [6.07, 6.45) is 3.81. The molecule has 0 saturated carbocycles. The molecule has 7 nitrogen and oxygen atoms in total. The summed E-state index contributed by atoms with van der Waals surface area (Å²) < 4.78 is 4.54. The van der Waals surface area contributed by atoms with Crippen LogP contribution in [0, 0.1) is 13.8 Å². The van der Waals surface area contributed by atoms with Gasteiger partial charge < -0.3 is 4.90 Å². The minimum atomic E-state index is 0.130. The second-order valence-electron chi connectivity index (χ2n) is 6.31. The van der Waals surface area contributed by atoms with Gasteiger partial charge in [0.1, 0.15) is 6.54 Å². The molecule has 3 rings (SSSR count). The third-order valence-corrected chi connectivity index (χ3v) is 5.34. The Hall–Kier alpha value is -1.67. The monoisotopic (exact) mass is 394 g/mol. The number of piperazine rings is 1. The van der Waals surface area contributed by atoms with E-state index < -0.39 is 0 Å². The van der Waals surface area contributed by atoms with Gasteiger partial charge in [0.25, 0.3) is 0 Å². The Morgan fingerprint density at radius 1 is 1.25 bits per heavy atom. The molecule has 0 radical (unpaired) electrons. The number of carbonyl (C=O) groups is 1. The molecular formula is C16H23BrN6O. The Morgan fingerprint density at radius 3 is 2.50 bits per heavy atom. The molecule has 0 N–H and O–H groups in total. The first-order valence-electron chi connectivity index (χ1n) is 8.11. The van der Waals surface area contributed by atoms with Crippen molar-refractivity contribution in [1.29, 1.82) is 0 Å². The van der Waals surface area contributed by atoms with Gasteiger partial charge in [-0.25, -0.2) is 0 Å². The molecule has 1 amide bonds. The van der Waals surface area contributed by atoms with Crippen LogP contribution in [0.4, 0.5) is 0 Å². The van der Waals surface area contributed by atoms with Crippen LogP contribution in [0.1, 0.15) is 17.0 Å². The molecule has 24 heavy (non-hydrogen) atoms. The minimum Gasteiger partial charge on any atom is -0.339 e. The van der Waals surface area contributed by atoms with Gasteiger partial charge in [0, 0.05) is 51.5 Å². The van der Waals surface area contributed by atoms with E-state index in [1.54, 1.807) is 10.9 Å². The van der Waals surface area contributed by atoms with Crippen LogP contribution >= 0.6 is 15.9 Å². The molecule has 0 aliphatic carbocycles. The molecule has 0 aromatic carbocycles. The van der Waals surface area contributed by atoms with E-state index in [0.29, 0.717) is 6.54 Å². The van der Waals surface area contributed by atoms with Crippen LogP contribution in [0.3, 0.4) is 0 Å². The van der Waals surface area contributed by atoms with E-state index in [2.05, 4.69) is 37.2 Å². The van der Waals surface area contributed by atoms with Crippen LogP contribution in [0.5, 0.6) is 0 Å². The molecule has 0 bridgehead atoms. The number of halogens is 1. The van der Waals surface area contributed by atoms with Crippen molar-refractivity contribution in [3.8, 4) is 0 Å². The molecule has 8 heteroatoms. The van der Waals surface area contributed by atoms with Crippen molar-refractivity contribution in [3.05, 3.63) is 33.8 Å². The maximum Gasteiger partial charge on any atom is 0.244 e. The van der Waals surface area contributed by atoms with Crippen molar-refractivity contribution in [3.63, 3.8) is 0 Å². The third-order valence-electron chi connectivity index (χ3n) is 4.56. The van der Waals surface area contributed by atoms with Crippen LogP contribution in [0.15, 0.2) is 16.9 Å². The molecule has 130 valence electrons. The first-order valence-corrected chi connectivity index (χ1v) is 8.90. The highest BCUT2D eigenvalue weighted by Crippen LogP contribution is 2.15. The number of carbonyl (C=O) groups excluding carboxylic acids is 1. The number of nitrogens with zero attached hydrogens (tertiary/aromatic N) is 6. The van der Waals surface area contributed by atoms with Crippen molar-refractivity contribution >= 4 is 21.8 Å². The molecular weight excluding hydrogens is 372 g/mol. The first-order chi connectivity index (χ1) is 11.4. The second kappa shape index (κ2) is 7.06. The van der Waals surface area contributed by atoms with Crippen LogP contribution in [-0.4, -0.2) is 61.4 Å². The Morgan fingerprint density at radius 2 is 1.96 bits per heavy atom. The average Bonchev–Trinajstić information content (AvgIpc) is 3.03. The zero-order valence-electron chi connectivity index (χ0n) is 14.4. The molecule has 1 saturated heterocycles. The molecule has 2 aromatic heterocycles. The maximum atomic E-state index is 12.5. The lowest BCUT2D eigenvalue weighted by atomic mass is 10.2. The first kappa shape index (κ1) is 17.2. The minimum absolute atomic E-state index is 0.130. The maximum absolute atomic E-state index is 12.5. The standard InChI is InChI=1S/C16H23BrN6O/c1-12-14(9-20(3)19-12)10-21-4-6-22(7-5-21)16(24)11-23-13(2)15(17)8-18-23/h8-9H,4-7,10-11H2,1-3H3. The lowest BCUT2D eigenvalue weighted by Crippen LogP contribution is -2.49.